The van der Waals surface area contributed by atoms with Gasteiger partial charge in [-0.2, -0.15) is 0 Å². The largest absolute Gasteiger partial charge is 0.480 e. The predicted molar refractivity (Wildman–Crippen MR) is 47.2 cm³/mol. The number of aliphatic hydroxyl groups excluding tert-OH is 1. The Morgan fingerprint density at radius 2 is 2.43 bits per heavy atom. The molecule has 0 saturated carbocycles. The Morgan fingerprint density at radius 3 is 2.79 bits per heavy atom. The maximum Gasteiger partial charge on any atom is 0.327 e. The summed E-state index contributed by atoms with van der Waals surface area (Å²) >= 11 is 0. The molecule has 5 nitrogen and oxygen atoms in total. The van der Waals surface area contributed by atoms with Gasteiger partial charge in [0.15, 0.2) is 0 Å². The maximum atomic E-state index is 11.2. The number of carboxylic acid groups (broad SMARTS) is 1. The van der Waals surface area contributed by atoms with E-state index in [4.69, 9.17) is 16.6 Å². The van der Waals surface area contributed by atoms with E-state index in [1.807, 2.05) is 0 Å². The molecular formula is C9H11NO4. The van der Waals surface area contributed by atoms with Crippen molar-refractivity contribution in [2.24, 2.45) is 0 Å². The molecule has 2 N–H and O–H groups in total. The number of terminal acetylenes is 1. The molecule has 0 aromatic carbocycles. The Kier molecular flexibility index (Phi) is 3.10. The number of carbonyl (C=O) groups excluding carboxylic acids is 1. The molecule has 1 aliphatic heterocycles. The number of carboxylic acids is 1. The van der Waals surface area contributed by atoms with Crippen molar-refractivity contribution in [2.75, 3.05) is 6.54 Å². The first-order chi connectivity index (χ1) is 6.56. The van der Waals surface area contributed by atoms with Crippen molar-refractivity contribution in [1.82, 2.24) is 4.90 Å². The number of β-amino-alcohol motifs (C(OH)–C–C–N with tert-alkyl or cyclic N) is 1. The van der Waals surface area contributed by atoms with Crippen LogP contribution in [0.3, 0.4) is 0 Å². The van der Waals surface area contributed by atoms with Crippen LogP contribution in [0.15, 0.2) is 0 Å². The number of carbonyl (C=O) groups is 2. The predicted octanol–water partition coefficient (Wildman–Crippen LogP) is -0.944. The summed E-state index contributed by atoms with van der Waals surface area (Å²) < 4.78 is 0. The third-order valence-electron chi connectivity index (χ3n) is 2.11. The van der Waals surface area contributed by atoms with E-state index in [0.717, 1.165) is 4.90 Å². The summed E-state index contributed by atoms with van der Waals surface area (Å²) in [5.74, 6) is 0.710. The molecule has 0 bridgehead atoms. The molecule has 0 radical (unpaired) electrons. The molecule has 5 heteroatoms. The number of rotatable bonds is 3. The standard InChI is InChI=1S/C9H11NO4/c1-2-3-7(9(13)14)10-5-6(11)4-8(10)12/h1,6-7,11H,3-5H2,(H,13,14)/t6?,7-/m0/s1. The van der Waals surface area contributed by atoms with Crippen molar-refractivity contribution in [3.8, 4) is 12.3 Å². The van der Waals surface area contributed by atoms with Crippen LogP contribution in [0.1, 0.15) is 12.8 Å². The number of nitrogens with zero attached hydrogens (tertiary/aromatic N) is 1. The van der Waals surface area contributed by atoms with Crippen molar-refractivity contribution in [3.63, 3.8) is 0 Å². The Hall–Kier alpha value is -1.54. The van der Waals surface area contributed by atoms with Crippen LogP contribution < -0.4 is 0 Å². The van der Waals surface area contributed by atoms with Gasteiger partial charge in [-0.3, -0.25) is 4.79 Å². The SMILES string of the molecule is C#CC[C@@H](C(=O)O)N1CC(O)CC1=O. The zero-order valence-corrected chi connectivity index (χ0v) is 7.51. The minimum Gasteiger partial charge on any atom is -0.480 e. The van der Waals surface area contributed by atoms with Gasteiger partial charge in [-0.25, -0.2) is 4.79 Å². The highest BCUT2D eigenvalue weighted by Gasteiger charge is 2.36. The molecule has 1 aliphatic rings. The van der Waals surface area contributed by atoms with Crippen LogP contribution in [0, 0.1) is 12.3 Å². The number of amides is 1. The number of aliphatic hydroxyl groups is 1. The van der Waals surface area contributed by atoms with E-state index >= 15 is 0 Å². The molecule has 2 atom stereocenters. The molecule has 76 valence electrons. The smallest absolute Gasteiger partial charge is 0.327 e. The molecule has 0 aliphatic carbocycles. The van der Waals surface area contributed by atoms with Gasteiger partial charge in [0.25, 0.3) is 0 Å². The van der Waals surface area contributed by atoms with Gasteiger partial charge in [0.1, 0.15) is 6.04 Å². The van der Waals surface area contributed by atoms with Crippen LogP contribution in [0.2, 0.25) is 0 Å². The van der Waals surface area contributed by atoms with Crippen LogP contribution in [0.25, 0.3) is 0 Å². The average Bonchev–Trinajstić information content (AvgIpc) is 2.40. The van der Waals surface area contributed by atoms with Gasteiger partial charge in [-0.15, -0.1) is 12.3 Å². The van der Waals surface area contributed by atoms with Gasteiger partial charge in [-0.05, 0) is 0 Å². The first-order valence-corrected chi connectivity index (χ1v) is 4.20. The molecule has 1 rings (SSSR count). The first kappa shape index (κ1) is 10.5. The van der Waals surface area contributed by atoms with E-state index in [9.17, 15) is 9.59 Å². The van der Waals surface area contributed by atoms with E-state index in [0.29, 0.717) is 0 Å². The Morgan fingerprint density at radius 1 is 1.79 bits per heavy atom. The number of hydrogen-bond acceptors (Lipinski definition) is 3. The monoisotopic (exact) mass is 197 g/mol. The summed E-state index contributed by atoms with van der Waals surface area (Å²) in [6, 6.07) is -1.01. The second kappa shape index (κ2) is 4.11. The van der Waals surface area contributed by atoms with Gasteiger partial charge in [0.2, 0.25) is 5.91 Å². The van der Waals surface area contributed by atoms with Gasteiger partial charge in [0.05, 0.1) is 12.5 Å². The lowest BCUT2D eigenvalue weighted by Gasteiger charge is -2.22. The summed E-state index contributed by atoms with van der Waals surface area (Å²) in [7, 11) is 0. The fourth-order valence-corrected chi connectivity index (χ4v) is 1.46. The van der Waals surface area contributed by atoms with Crippen molar-refractivity contribution >= 4 is 11.9 Å². The fourth-order valence-electron chi connectivity index (χ4n) is 1.46. The molecule has 1 unspecified atom stereocenters. The average molecular weight is 197 g/mol. The molecule has 14 heavy (non-hydrogen) atoms. The highest BCUT2D eigenvalue weighted by Crippen LogP contribution is 2.16. The third kappa shape index (κ3) is 2.03. The number of likely N-dealkylation sites (tertiary alicyclic amines) is 1. The normalized spacial score (nSPS) is 23.3. The van der Waals surface area contributed by atoms with Crippen LogP contribution >= 0.6 is 0 Å². The Balaban J connectivity index is 2.74. The minimum absolute atomic E-state index is 0.0195. The minimum atomic E-state index is -1.13. The summed E-state index contributed by atoms with van der Waals surface area (Å²) in [5.41, 5.74) is 0. The van der Waals surface area contributed by atoms with Crippen molar-refractivity contribution in [1.29, 1.82) is 0 Å². The summed E-state index contributed by atoms with van der Waals surface area (Å²) in [5, 5.41) is 18.0. The zero-order valence-electron chi connectivity index (χ0n) is 7.51. The number of aliphatic carboxylic acids is 1. The van der Waals surface area contributed by atoms with Crippen LogP contribution in [0.5, 0.6) is 0 Å². The first-order valence-electron chi connectivity index (χ1n) is 4.20. The molecule has 1 saturated heterocycles. The van der Waals surface area contributed by atoms with E-state index in [-0.39, 0.29) is 25.3 Å². The highest BCUT2D eigenvalue weighted by molar-refractivity contribution is 5.85. The molecule has 0 aromatic heterocycles. The van der Waals surface area contributed by atoms with Gasteiger partial charge in [-0.1, -0.05) is 0 Å². The van der Waals surface area contributed by atoms with Crippen molar-refractivity contribution in [3.05, 3.63) is 0 Å². The van der Waals surface area contributed by atoms with Crippen molar-refractivity contribution < 1.29 is 19.8 Å². The lowest BCUT2D eigenvalue weighted by molar-refractivity contribution is -0.148. The lowest BCUT2D eigenvalue weighted by atomic mass is 10.2. The highest BCUT2D eigenvalue weighted by atomic mass is 16.4. The van der Waals surface area contributed by atoms with Crippen molar-refractivity contribution in [2.45, 2.75) is 25.0 Å². The van der Waals surface area contributed by atoms with E-state index in [1.165, 1.54) is 0 Å². The lowest BCUT2D eigenvalue weighted by Crippen LogP contribution is -2.42. The summed E-state index contributed by atoms with van der Waals surface area (Å²) in [6.45, 7) is 0.0531. The zero-order chi connectivity index (χ0) is 10.7. The van der Waals surface area contributed by atoms with Crippen LogP contribution in [-0.2, 0) is 9.59 Å². The maximum absolute atomic E-state index is 11.2. The second-order valence-electron chi connectivity index (χ2n) is 3.17. The Bertz CT molecular complexity index is 294. The summed E-state index contributed by atoms with van der Waals surface area (Å²) in [6.07, 6.45) is 4.17. The molecule has 1 fully saturated rings. The fraction of sp³-hybridized carbons (Fsp3) is 0.556. The summed E-state index contributed by atoms with van der Waals surface area (Å²) in [4.78, 5) is 23.1. The van der Waals surface area contributed by atoms with Gasteiger partial charge >= 0.3 is 5.97 Å². The van der Waals surface area contributed by atoms with Gasteiger partial charge < -0.3 is 15.1 Å². The quantitative estimate of drug-likeness (QED) is 0.572. The van der Waals surface area contributed by atoms with E-state index in [2.05, 4.69) is 5.92 Å². The van der Waals surface area contributed by atoms with Gasteiger partial charge in [0, 0.05) is 13.0 Å². The topological polar surface area (TPSA) is 77.8 Å². The van der Waals surface area contributed by atoms with E-state index in [1.54, 1.807) is 0 Å². The number of hydrogen-bond donors (Lipinski definition) is 2. The van der Waals surface area contributed by atoms with Crippen LogP contribution in [-0.4, -0.2) is 45.7 Å². The Labute approximate surface area is 81.3 Å². The molecular weight excluding hydrogens is 186 g/mol. The second-order valence-corrected chi connectivity index (χ2v) is 3.17. The molecule has 0 aromatic rings. The third-order valence-corrected chi connectivity index (χ3v) is 2.11. The molecule has 0 spiro atoms. The molecule has 1 amide bonds. The molecule has 1 heterocycles. The van der Waals surface area contributed by atoms with Crippen LogP contribution in [0.4, 0.5) is 0 Å². The van der Waals surface area contributed by atoms with E-state index < -0.39 is 18.1 Å².